The van der Waals surface area contributed by atoms with Crippen molar-refractivity contribution in [3.63, 3.8) is 0 Å². The van der Waals surface area contributed by atoms with Crippen LogP contribution >= 0.6 is 0 Å². The number of hydrogen-bond acceptors (Lipinski definition) is 4. The number of morpholine rings is 1. The molecule has 0 bridgehead atoms. The Morgan fingerprint density at radius 1 is 1.26 bits per heavy atom. The van der Waals surface area contributed by atoms with Gasteiger partial charge < -0.3 is 9.64 Å². The van der Waals surface area contributed by atoms with Gasteiger partial charge in [0.2, 0.25) is 10.0 Å². The molecule has 2 aromatic rings. The summed E-state index contributed by atoms with van der Waals surface area (Å²) >= 11 is 0. The summed E-state index contributed by atoms with van der Waals surface area (Å²) in [4.78, 5) is 14.5. The van der Waals surface area contributed by atoms with E-state index in [2.05, 4.69) is 4.72 Å². The molecular weight excluding hydrogens is 371 g/mol. The SMILES string of the molecule is CCS(=O)(=O)Nc1cccc(C(=O)N2CCO[C@@H](c3ccc(F)cc3)C2)c1. The first-order valence-corrected chi connectivity index (χ1v) is 10.3. The van der Waals surface area contributed by atoms with Gasteiger partial charge in [-0.2, -0.15) is 0 Å². The average Bonchev–Trinajstić information content (AvgIpc) is 2.68. The maximum absolute atomic E-state index is 13.1. The molecule has 0 aliphatic carbocycles. The van der Waals surface area contributed by atoms with Gasteiger partial charge >= 0.3 is 0 Å². The highest BCUT2D eigenvalue weighted by Gasteiger charge is 2.26. The van der Waals surface area contributed by atoms with Gasteiger partial charge in [0, 0.05) is 17.8 Å². The summed E-state index contributed by atoms with van der Waals surface area (Å²) in [5.74, 6) is -0.578. The van der Waals surface area contributed by atoms with Crippen molar-refractivity contribution in [2.75, 3.05) is 30.2 Å². The minimum atomic E-state index is -3.41. The third kappa shape index (κ3) is 4.84. The Hall–Kier alpha value is -2.45. The fourth-order valence-electron chi connectivity index (χ4n) is 2.86. The lowest BCUT2D eigenvalue weighted by molar-refractivity contribution is -0.0228. The third-order valence-corrected chi connectivity index (χ3v) is 5.67. The highest BCUT2D eigenvalue weighted by atomic mass is 32.2. The van der Waals surface area contributed by atoms with Crippen molar-refractivity contribution >= 4 is 21.6 Å². The molecule has 144 valence electrons. The van der Waals surface area contributed by atoms with Gasteiger partial charge in [0.05, 0.1) is 18.9 Å². The number of nitrogens with zero attached hydrogens (tertiary/aromatic N) is 1. The van der Waals surface area contributed by atoms with E-state index < -0.39 is 10.0 Å². The molecule has 1 atom stereocenters. The Balaban J connectivity index is 1.74. The van der Waals surface area contributed by atoms with E-state index >= 15 is 0 Å². The number of rotatable bonds is 5. The van der Waals surface area contributed by atoms with Crippen LogP contribution < -0.4 is 4.72 Å². The first-order valence-electron chi connectivity index (χ1n) is 8.65. The molecule has 1 aliphatic heterocycles. The molecule has 27 heavy (non-hydrogen) atoms. The third-order valence-electron chi connectivity index (χ3n) is 4.36. The molecule has 1 fully saturated rings. The van der Waals surface area contributed by atoms with Crippen molar-refractivity contribution in [2.24, 2.45) is 0 Å². The minimum Gasteiger partial charge on any atom is -0.370 e. The van der Waals surface area contributed by atoms with Gasteiger partial charge in [-0.1, -0.05) is 18.2 Å². The summed E-state index contributed by atoms with van der Waals surface area (Å²) < 4.78 is 44.7. The van der Waals surface area contributed by atoms with Gasteiger partial charge in [-0.3, -0.25) is 9.52 Å². The second-order valence-electron chi connectivity index (χ2n) is 6.25. The summed E-state index contributed by atoms with van der Waals surface area (Å²) in [7, 11) is -3.41. The zero-order chi connectivity index (χ0) is 19.4. The number of benzene rings is 2. The Kier molecular flexibility index (Phi) is 5.76. The van der Waals surface area contributed by atoms with Crippen molar-refractivity contribution in [2.45, 2.75) is 13.0 Å². The van der Waals surface area contributed by atoms with Crippen molar-refractivity contribution < 1.29 is 22.3 Å². The summed E-state index contributed by atoms with van der Waals surface area (Å²) in [6.07, 6.45) is -0.329. The number of anilines is 1. The molecule has 0 spiro atoms. The first-order chi connectivity index (χ1) is 12.9. The Bertz CT molecular complexity index is 916. The van der Waals surface area contributed by atoms with Gasteiger partial charge in [0.25, 0.3) is 5.91 Å². The van der Waals surface area contributed by atoms with Crippen LogP contribution in [0.25, 0.3) is 0 Å². The highest BCUT2D eigenvalue weighted by molar-refractivity contribution is 7.92. The van der Waals surface area contributed by atoms with E-state index in [1.54, 1.807) is 42.2 Å². The monoisotopic (exact) mass is 392 g/mol. The fourth-order valence-corrected chi connectivity index (χ4v) is 3.49. The zero-order valence-electron chi connectivity index (χ0n) is 14.9. The van der Waals surface area contributed by atoms with Crippen LogP contribution in [0.5, 0.6) is 0 Å². The number of halogens is 1. The number of amides is 1. The lowest BCUT2D eigenvalue weighted by atomic mass is 10.1. The van der Waals surface area contributed by atoms with E-state index in [0.717, 1.165) is 5.56 Å². The van der Waals surface area contributed by atoms with Crippen LogP contribution in [0.1, 0.15) is 28.9 Å². The number of carbonyl (C=O) groups is 1. The molecule has 0 radical (unpaired) electrons. The van der Waals surface area contributed by atoms with E-state index in [9.17, 15) is 17.6 Å². The van der Waals surface area contributed by atoms with Crippen LogP contribution in [0.15, 0.2) is 48.5 Å². The molecule has 8 heteroatoms. The van der Waals surface area contributed by atoms with Crippen LogP contribution in [0.4, 0.5) is 10.1 Å². The number of sulfonamides is 1. The number of hydrogen-bond donors (Lipinski definition) is 1. The lowest BCUT2D eigenvalue weighted by Gasteiger charge is -2.33. The largest absolute Gasteiger partial charge is 0.370 e. The predicted octanol–water partition coefficient (Wildman–Crippen LogP) is 2.80. The predicted molar refractivity (Wildman–Crippen MR) is 101 cm³/mol. The Morgan fingerprint density at radius 3 is 2.70 bits per heavy atom. The first kappa shape index (κ1) is 19.3. The normalized spacial score (nSPS) is 17.6. The van der Waals surface area contributed by atoms with E-state index in [-0.39, 0.29) is 23.6 Å². The van der Waals surface area contributed by atoms with E-state index in [4.69, 9.17) is 4.74 Å². The molecule has 0 saturated carbocycles. The van der Waals surface area contributed by atoms with E-state index in [1.165, 1.54) is 18.2 Å². The molecule has 1 aliphatic rings. The Morgan fingerprint density at radius 2 is 2.00 bits per heavy atom. The molecule has 3 rings (SSSR count). The molecule has 6 nitrogen and oxygen atoms in total. The average molecular weight is 392 g/mol. The van der Waals surface area contributed by atoms with Crippen molar-refractivity contribution in [1.82, 2.24) is 4.90 Å². The molecule has 1 amide bonds. The van der Waals surface area contributed by atoms with Crippen LogP contribution in [-0.4, -0.2) is 44.7 Å². The van der Waals surface area contributed by atoms with Gasteiger partial charge in [-0.25, -0.2) is 12.8 Å². The topological polar surface area (TPSA) is 75.7 Å². The Labute approximate surface area is 158 Å². The lowest BCUT2D eigenvalue weighted by Crippen LogP contribution is -2.42. The second-order valence-corrected chi connectivity index (χ2v) is 8.26. The second kappa shape index (κ2) is 8.06. The quantitative estimate of drug-likeness (QED) is 0.849. The van der Waals surface area contributed by atoms with Crippen LogP contribution in [0.2, 0.25) is 0 Å². The van der Waals surface area contributed by atoms with Gasteiger partial charge in [0.15, 0.2) is 0 Å². The van der Waals surface area contributed by atoms with Crippen molar-refractivity contribution in [3.8, 4) is 0 Å². The minimum absolute atomic E-state index is 0.0476. The van der Waals surface area contributed by atoms with Gasteiger partial charge in [-0.15, -0.1) is 0 Å². The molecular formula is C19H21FN2O4S. The number of carbonyl (C=O) groups excluding carboxylic acids is 1. The molecule has 1 heterocycles. The molecule has 1 saturated heterocycles. The van der Waals surface area contributed by atoms with Crippen molar-refractivity contribution in [1.29, 1.82) is 0 Å². The van der Waals surface area contributed by atoms with E-state index in [1.807, 2.05) is 0 Å². The number of nitrogens with one attached hydrogen (secondary N) is 1. The van der Waals surface area contributed by atoms with Crippen LogP contribution in [0, 0.1) is 5.82 Å². The fraction of sp³-hybridized carbons (Fsp3) is 0.316. The van der Waals surface area contributed by atoms with Crippen LogP contribution in [0.3, 0.4) is 0 Å². The van der Waals surface area contributed by atoms with Crippen LogP contribution in [-0.2, 0) is 14.8 Å². The zero-order valence-corrected chi connectivity index (χ0v) is 15.7. The maximum Gasteiger partial charge on any atom is 0.254 e. The van der Waals surface area contributed by atoms with Gasteiger partial charge in [0.1, 0.15) is 11.9 Å². The van der Waals surface area contributed by atoms with Gasteiger partial charge in [-0.05, 0) is 42.8 Å². The van der Waals surface area contributed by atoms with Crippen molar-refractivity contribution in [3.05, 3.63) is 65.5 Å². The highest BCUT2D eigenvalue weighted by Crippen LogP contribution is 2.24. The molecule has 0 unspecified atom stereocenters. The maximum atomic E-state index is 13.1. The smallest absolute Gasteiger partial charge is 0.254 e. The number of ether oxygens (including phenoxy) is 1. The summed E-state index contributed by atoms with van der Waals surface area (Å²) in [5.41, 5.74) is 1.55. The standard InChI is InChI=1S/C19H21FN2O4S/c1-2-27(24,25)21-17-5-3-4-15(12-17)19(23)22-10-11-26-18(13-22)14-6-8-16(20)9-7-14/h3-9,12,18,21H,2,10-11,13H2,1H3/t18-/m1/s1. The van der Waals surface area contributed by atoms with E-state index in [0.29, 0.717) is 30.9 Å². The molecule has 2 aromatic carbocycles. The summed E-state index contributed by atoms with van der Waals surface area (Å²) in [5, 5.41) is 0. The molecule has 0 aromatic heterocycles. The molecule has 1 N–H and O–H groups in total. The summed E-state index contributed by atoms with van der Waals surface area (Å²) in [6.45, 7) is 2.69. The summed E-state index contributed by atoms with van der Waals surface area (Å²) in [6, 6.07) is 12.4.